The summed E-state index contributed by atoms with van der Waals surface area (Å²) in [6.45, 7) is 8.80. The molecule has 0 atom stereocenters. The van der Waals surface area contributed by atoms with E-state index in [1.165, 1.54) is 0 Å². The van der Waals surface area contributed by atoms with Gasteiger partial charge in [-0.25, -0.2) is 0 Å². The number of aryl methyl sites for hydroxylation is 1. The van der Waals surface area contributed by atoms with Crippen LogP contribution in [0.15, 0.2) is 6.07 Å². The van der Waals surface area contributed by atoms with Crippen LogP contribution in [-0.4, -0.2) is 28.7 Å². The van der Waals surface area contributed by atoms with Gasteiger partial charge in [0.15, 0.2) is 0 Å². The lowest BCUT2D eigenvalue weighted by molar-refractivity contribution is 0.0950. The van der Waals surface area contributed by atoms with Crippen molar-refractivity contribution < 1.29 is 9.90 Å². The highest BCUT2D eigenvalue weighted by Gasteiger charge is 2.16. The number of amides is 1. The van der Waals surface area contributed by atoms with E-state index in [0.29, 0.717) is 19.0 Å². The van der Waals surface area contributed by atoms with Crippen molar-refractivity contribution in [1.82, 2.24) is 9.88 Å². The summed E-state index contributed by atoms with van der Waals surface area (Å²) in [6, 6.07) is 2.28. The Morgan fingerprint density at radius 3 is 2.59 bits per heavy atom. The number of hydrogen-bond acceptors (Lipinski definition) is 2. The Kier molecular flexibility index (Phi) is 4.75. The summed E-state index contributed by atoms with van der Waals surface area (Å²) >= 11 is 0. The lowest BCUT2D eigenvalue weighted by Gasteiger charge is -2.13. The fourth-order valence-electron chi connectivity index (χ4n) is 2.18. The Morgan fingerprint density at radius 2 is 2.12 bits per heavy atom. The van der Waals surface area contributed by atoms with Crippen LogP contribution in [0, 0.1) is 13.8 Å². The molecule has 0 aliphatic carbocycles. The second kappa shape index (κ2) is 5.87. The van der Waals surface area contributed by atoms with Crippen molar-refractivity contribution in [2.24, 2.45) is 0 Å². The molecule has 1 aromatic heterocycles. The van der Waals surface area contributed by atoms with Gasteiger partial charge < -0.3 is 15.0 Å². The molecule has 1 amide bonds. The van der Waals surface area contributed by atoms with Crippen molar-refractivity contribution in [3.05, 3.63) is 23.0 Å². The van der Waals surface area contributed by atoms with E-state index in [9.17, 15) is 4.79 Å². The molecule has 0 radical (unpaired) electrons. The van der Waals surface area contributed by atoms with E-state index in [2.05, 4.69) is 23.7 Å². The van der Waals surface area contributed by atoms with Gasteiger partial charge >= 0.3 is 0 Å². The second-order valence-electron chi connectivity index (χ2n) is 4.58. The van der Waals surface area contributed by atoms with E-state index in [1.807, 2.05) is 19.9 Å². The number of aliphatic hydroxyl groups excluding tert-OH is 1. The van der Waals surface area contributed by atoms with Crippen LogP contribution in [0.4, 0.5) is 0 Å². The first-order chi connectivity index (χ1) is 7.99. The number of carbonyl (C=O) groups excluding carboxylic acids is 1. The molecular formula is C13H22N2O2. The summed E-state index contributed by atoms with van der Waals surface area (Å²) < 4.78 is 2.15. The van der Waals surface area contributed by atoms with Crippen molar-refractivity contribution in [3.8, 4) is 0 Å². The maximum Gasteiger partial charge on any atom is 0.253 e. The molecule has 1 aromatic rings. The highest BCUT2D eigenvalue weighted by molar-refractivity contribution is 5.95. The summed E-state index contributed by atoms with van der Waals surface area (Å²) in [5, 5.41) is 11.5. The summed E-state index contributed by atoms with van der Waals surface area (Å²) in [7, 11) is 0. The van der Waals surface area contributed by atoms with Gasteiger partial charge in [-0.05, 0) is 40.2 Å². The molecule has 0 bridgehead atoms. The maximum atomic E-state index is 11.9. The molecule has 0 fully saturated rings. The largest absolute Gasteiger partial charge is 0.396 e. The number of carbonyl (C=O) groups is 1. The SMILES string of the molecule is Cc1cc(C(=O)NCCCO)c(C)n1C(C)C. The van der Waals surface area contributed by atoms with Crippen molar-refractivity contribution in [1.29, 1.82) is 0 Å². The molecule has 4 heteroatoms. The molecule has 0 spiro atoms. The molecule has 0 saturated carbocycles. The van der Waals surface area contributed by atoms with Crippen LogP contribution >= 0.6 is 0 Å². The number of rotatable bonds is 5. The lowest BCUT2D eigenvalue weighted by Crippen LogP contribution is -2.25. The molecule has 1 rings (SSSR count). The predicted octanol–water partition coefficient (Wildman–Crippen LogP) is 1.80. The fourth-order valence-corrected chi connectivity index (χ4v) is 2.18. The van der Waals surface area contributed by atoms with Crippen LogP contribution in [0.2, 0.25) is 0 Å². The van der Waals surface area contributed by atoms with Gasteiger partial charge in [-0.3, -0.25) is 4.79 Å². The molecule has 2 N–H and O–H groups in total. The first-order valence-electron chi connectivity index (χ1n) is 6.06. The van der Waals surface area contributed by atoms with E-state index in [1.54, 1.807) is 0 Å². The average Bonchev–Trinajstić information content (AvgIpc) is 2.54. The van der Waals surface area contributed by atoms with Gasteiger partial charge in [0, 0.05) is 30.6 Å². The zero-order valence-corrected chi connectivity index (χ0v) is 11.1. The van der Waals surface area contributed by atoms with E-state index in [-0.39, 0.29) is 12.5 Å². The average molecular weight is 238 g/mol. The van der Waals surface area contributed by atoms with E-state index < -0.39 is 0 Å². The molecule has 0 unspecified atom stereocenters. The van der Waals surface area contributed by atoms with E-state index >= 15 is 0 Å². The third-order valence-electron chi connectivity index (χ3n) is 2.87. The van der Waals surface area contributed by atoms with E-state index in [0.717, 1.165) is 17.0 Å². The molecule has 4 nitrogen and oxygen atoms in total. The van der Waals surface area contributed by atoms with Gasteiger partial charge in [0.25, 0.3) is 5.91 Å². The molecule has 1 heterocycles. The van der Waals surface area contributed by atoms with Crippen LogP contribution in [0.3, 0.4) is 0 Å². The molecule has 17 heavy (non-hydrogen) atoms. The predicted molar refractivity (Wildman–Crippen MR) is 68.3 cm³/mol. The minimum Gasteiger partial charge on any atom is -0.396 e. The summed E-state index contributed by atoms with van der Waals surface area (Å²) in [4.78, 5) is 11.9. The zero-order valence-electron chi connectivity index (χ0n) is 11.1. The smallest absolute Gasteiger partial charge is 0.253 e. The molecule has 0 aromatic carbocycles. The van der Waals surface area contributed by atoms with Gasteiger partial charge in [0.05, 0.1) is 5.56 Å². The summed E-state index contributed by atoms with van der Waals surface area (Å²) in [5.74, 6) is -0.0570. The molecule has 0 aliphatic heterocycles. The Morgan fingerprint density at radius 1 is 1.47 bits per heavy atom. The topological polar surface area (TPSA) is 54.3 Å². The molecule has 96 valence electrons. The Labute approximate surface area is 103 Å². The highest BCUT2D eigenvalue weighted by Crippen LogP contribution is 2.19. The number of nitrogens with one attached hydrogen (secondary N) is 1. The van der Waals surface area contributed by atoms with Gasteiger partial charge in [-0.15, -0.1) is 0 Å². The van der Waals surface area contributed by atoms with Crippen LogP contribution in [0.25, 0.3) is 0 Å². The molecular weight excluding hydrogens is 216 g/mol. The first kappa shape index (κ1) is 13.8. The minimum atomic E-state index is -0.0570. The van der Waals surface area contributed by atoms with Gasteiger partial charge in [0.1, 0.15) is 0 Å². The summed E-state index contributed by atoms with van der Waals surface area (Å²) in [5.41, 5.74) is 2.83. The number of aliphatic hydroxyl groups is 1. The van der Waals surface area contributed by atoms with Crippen molar-refractivity contribution in [2.75, 3.05) is 13.2 Å². The lowest BCUT2D eigenvalue weighted by atomic mass is 10.2. The Hall–Kier alpha value is -1.29. The van der Waals surface area contributed by atoms with Gasteiger partial charge in [-0.1, -0.05) is 0 Å². The molecule has 0 saturated heterocycles. The standard InChI is InChI=1S/C13H22N2O2/c1-9(2)15-10(3)8-12(11(15)4)13(17)14-6-5-7-16/h8-9,16H,5-7H2,1-4H3,(H,14,17). The Balaban J connectivity index is 2.84. The molecule has 0 aliphatic rings. The van der Waals surface area contributed by atoms with Crippen molar-refractivity contribution in [2.45, 2.75) is 40.2 Å². The number of aromatic nitrogens is 1. The van der Waals surface area contributed by atoms with Gasteiger partial charge in [0.2, 0.25) is 0 Å². The quantitative estimate of drug-likeness (QED) is 0.768. The van der Waals surface area contributed by atoms with E-state index in [4.69, 9.17) is 5.11 Å². The Bertz CT molecular complexity index is 394. The van der Waals surface area contributed by atoms with Crippen molar-refractivity contribution in [3.63, 3.8) is 0 Å². The van der Waals surface area contributed by atoms with Gasteiger partial charge in [-0.2, -0.15) is 0 Å². The normalized spacial score (nSPS) is 10.9. The fraction of sp³-hybridized carbons (Fsp3) is 0.615. The number of nitrogens with zero attached hydrogens (tertiary/aromatic N) is 1. The minimum absolute atomic E-state index is 0.0570. The van der Waals surface area contributed by atoms with Crippen LogP contribution in [0.5, 0.6) is 0 Å². The van der Waals surface area contributed by atoms with Crippen LogP contribution in [-0.2, 0) is 0 Å². The summed E-state index contributed by atoms with van der Waals surface area (Å²) in [6.07, 6.45) is 0.592. The first-order valence-corrected chi connectivity index (χ1v) is 6.06. The van der Waals surface area contributed by atoms with Crippen molar-refractivity contribution >= 4 is 5.91 Å². The van der Waals surface area contributed by atoms with Crippen LogP contribution < -0.4 is 5.32 Å². The third kappa shape index (κ3) is 3.09. The zero-order chi connectivity index (χ0) is 13.0. The second-order valence-corrected chi connectivity index (χ2v) is 4.58. The maximum absolute atomic E-state index is 11.9. The van der Waals surface area contributed by atoms with Crippen LogP contribution in [0.1, 0.15) is 48.1 Å². The monoisotopic (exact) mass is 238 g/mol. The third-order valence-corrected chi connectivity index (χ3v) is 2.87. The highest BCUT2D eigenvalue weighted by atomic mass is 16.3. The number of hydrogen-bond donors (Lipinski definition) is 2.